The number of hydrogen-bond acceptors (Lipinski definition) is 4. The lowest BCUT2D eigenvalue weighted by Crippen LogP contribution is -2.13. The molecule has 0 saturated carbocycles. The molecule has 0 aliphatic rings. The molecule has 2 aromatic rings. The fourth-order valence-corrected chi connectivity index (χ4v) is 2.90. The van der Waals surface area contributed by atoms with Crippen LogP contribution in [0, 0.1) is 6.92 Å². The third-order valence-corrected chi connectivity index (χ3v) is 4.52. The summed E-state index contributed by atoms with van der Waals surface area (Å²) in [5.74, 6) is 0.653. The van der Waals surface area contributed by atoms with Gasteiger partial charge in [-0.15, -0.1) is 0 Å². The molecule has 2 aromatic carbocycles. The van der Waals surface area contributed by atoms with Crippen LogP contribution in [0.2, 0.25) is 0 Å². The predicted octanol–water partition coefficient (Wildman–Crippen LogP) is 3.54. The number of hydrogen-bond donors (Lipinski definition) is 0. The largest absolute Gasteiger partial charge is 0.491 e. The molecule has 0 aliphatic heterocycles. The van der Waals surface area contributed by atoms with Crippen LogP contribution in [-0.4, -0.2) is 21.6 Å². The van der Waals surface area contributed by atoms with Crippen molar-refractivity contribution in [2.75, 3.05) is 13.2 Å². The van der Waals surface area contributed by atoms with E-state index in [2.05, 4.69) is 15.9 Å². The summed E-state index contributed by atoms with van der Waals surface area (Å²) < 4.78 is 35.1. The Hall–Kier alpha value is -1.37. The first-order valence-electron chi connectivity index (χ1n) is 6.32. The van der Waals surface area contributed by atoms with Gasteiger partial charge in [0.25, 0.3) is 10.1 Å². The van der Waals surface area contributed by atoms with Gasteiger partial charge in [-0.1, -0.05) is 39.7 Å². The molecule has 0 saturated heterocycles. The van der Waals surface area contributed by atoms with Crippen LogP contribution in [-0.2, 0) is 14.3 Å². The smallest absolute Gasteiger partial charge is 0.297 e. The second-order valence-corrected chi connectivity index (χ2v) is 6.93. The van der Waals surface area contributed by atoms with Gasteiger partial charge in [0.05, 0.1) is 4.90 Å². The molecule has 112 valence electrons. The number of rotatable bonds is 6. The molecule has 0 amide bonds. The van der Waals surface area contributed by atoms with Crippen molar-refractivity contribution < 1.29 is 17.3 Å². The molecule has 0 spiro atoms. The van der Waals surface area contributed by atoms with E-state index in [9.17, 15) is 8.42 Å². The molecular formula is C15H15BrO4S. The molecule has 6 heteroatoms. The lowest BCUT2D eigenvalue weighted by atomic mass is 10.2. The summed E-state index contributed by atoms with van der Waals surface area (Å²) in [4.78, 5) is 0.149. The van der Waals surface area contributed by atoms with Gasteiger partial charge in [-0.2, -0.15) is 8.42 Å². The highest BCUT2D eigenvalue weighted by Gasteiger charge is 2.14. The lowest BCUT2D eigenvalue weighted by Gasteiger charge is -2.08. The molecule has 0 heterocycles. The van der Waals surface area contributed by atoms with Gasteiger partial charge in [0, 0.05) is 4.47 Å². The number of halogens is 1. The molecule has 0 N–H and O–H groups in total. The van der Waals surface area contributed by atoms with Gasteiger partial charge < -0.3 is 4.74 Å². The molecule has 4 nitrogen and oxygen atoms in total. The average molecular weight is 371 g/mol. The normalized spacial score (nSPS) is 11.3. The van der Waals surface area contributed by atoms with Crippen LogP contribution in [0.5, 0.6) is 5.75 Å². The molecule has 0 unspecified atom stereocenters. The fraction of sp³-hybridized carbons (Fsp3) is 0.200. The summed E-state index contributed by atoms with van der Waals surface area (Å²) in [6.07, 6.45) is 0. The second kappa shape index (κ2) is 7.06. The zero-order chi connectivity index (χ0) is 15.3. The van der Waals surface area contributed by atoms with Crippen LogP contribution in [0.3, 0.4) is 0 Å². The molecule has 0 fully saturated rings. The van der Waals surface area contributed by atoms with Crippen molar-refractivity contribution in [2.45, 2.75) is 11.8 Å². The summed E-state index contributed by atoms with van der Waals surface area (Å²) in [7, 11) is -3.73. The Balaban J connectivity index is 1.86. The van der Waals surface area contributed by atoms with E-state index in [0.717, 1.165) is 10.0 Å². The molecule has 0 aliphatic carbocycles. The Bertz CT molecular complexity index is 696. The minimum atomic E-state index is -3.73. The maximum Gasteiger partial charge on any atom is 0.297 e. The first-order valence-corrected chi connectivity index (χ1v) is 8.52. The van der Waals surface area contributed by atoms with Gasteiger partial charge in [0.1, 0.15) is 19.0 Å². The molecule has 21 heavy (non-hydrogen) atoms. The first kappa shape index (κ1) is 16.0. The van der Waals surface area contributed by atoms with Crippen LogP contribution in [0.4, 0.5) is 0 Å². The molecule has 0 aromatic heterocycles. The number of aryl methyl sites for hydroxylation is 1. The Kier molecular flexibility index (Phi) is 5.39. The SMILES string of the molecule is Cc1ccc(S(=O)(=O)OCCOc2cccc(Br)c2)cc1. The van der Waals surface area contributed by atoms with E-state index in [-0.39, 0.29) is 18.1 Å². The lowest BCUT2D eigenvalue weighted by molar-refractivity contribution is 0.221. The Morgan fingerprint density at radius 3 is 2.43 bits per heavy atom. The van der Waals surface area contributed by atoms with E-state index in [1.54, 1.807) is 24.3 Å². The molecule has 0 bridgehead atoms. The van der Waals surface area contributed by atoms with Gasteiger partial charge in [0.2, 0.25) is 0 Å². The quantitative estimate of drug-likeness (QED) is 0.576. The average Bonchev–Trinajstić information content (AvgIpc) is 2.44. The van der Waals surface area contributed by atoms with Crippen LogP contribution in [0.15, 0.2) is 57.9 Å². The standard InChI is InChI=1S/C15H15BrO4S/c1-12-5-7-15(8-6-12)21(17,18)20-10-9-19-14-4-2-3-13(16)11-14/h2-8,11H,9-10H2,1H3. The Morgan fingerprint density at radius 1 is 1.05 bits per heavy atom. The Morgan fingerprint density at radius 2 is 1.76 bits per heavy atom. The van der Waals surface area contributed by atoms with Crippen molar-refractivity contribution in [3.05, 3.63) is 58.6 Å². The summed E-state index contributed by atoms with van der Waals surface area (Å²) in [5.41, 5.74) is 0.993. The topological polar surface area (TPSA) is 52.6 Å². The van der Waals surface area contributed by atoms with Crippen LogP contribution < -0.4 is 4.74 Å². The zero-order valence-corrected chi connectivity index (χ0v) is 13.9. The number of ether oxygens (including phenoxy) is 1. The van der Waals surface area contributed by atoms with E-state index in [0.29, 0.717) is 5.75 Å². The van der Waals surface area contributed by atoms with Gasteiger partial charge in [-0.05, 0) is 37.3 Å². The summed E-state index contributed by atoms with van der Waals surface area (Å²) >= 11 is 3.33. The minimum Gasteiger partial charge on any atom is -0.491 e. The third-order valence-electron chi connectivity index (χ3n) is 2.70. The number of benzene rings is 2. The zero-order valence-electron chi connectivity index (χ0n) is 11.5. The maximum absolute atomic E-state index is 11.9. The van der Waals surface area contributed by atoms with Crippen LogP contribution in [0.25, 0.3) is 0 Å². The van der Waals surface area contributed by atoms with Crippen molar-refractivity contribution in [2.24, 2.45) is 0 Å². The van der Waals surface area contributed by atoms with E-state index in [4.69, 9.17) is 8.92 Å². The summed E-state index contributed by atoms with van der Waals surface area (Å²) in [6, 6.07) is 13.8. The summed E-state index contributed by atoms with van der Waals surface area (Å²) in [6.45, 7) is 2.01. The first-order chi connectivity index (χ1) is 9.97. The van der Waals surface area contributed by atoms with Gasteiger partial charge in [-0.25, -0.2) is 0 Å². The monoisotopic (exact) mass is 370 g/mol. The van der Waals surface area contributed by atoms with Crippen molar-refractivity contribution in [3.8, 4) is 5.75 Å². The molecule has 2 rings (SSSR count). The van der Waals surface area contributed by atoms with Crippen molar-refractivity contribution >= 4 is 26.0 Å². The fourth-order valence-electron chi connectivity index (χ4n) is 1.63. The van der Waals surface area contributed by atoms with Crippen LogP contribution in [0.1, 0.15) is 5.56 Å². The van der Waals surface area contributed by atoms with E-state index in [1.807, 2.05) is 19.1 Å². The predicted molar refractivity (Wildman–Crippen MR) is 84.0 cm³/mol. The highest BCUT2D eigenvalue weighted by molar-refractivity contribution is 9.10. The van der Waals surface area contributed by atoms with E-state index < -0.39 is 10.1 Å². The third kappa shape index (κ3) is 4.84. The second-order valence-electron chi connectivity index (χ2n) is 4.39. The van der Waals surface area contributed by atoms with Crippen molar-refractivity contribution in [1.82, 2.24) is 0 Å². The van der Waals surface area contributed by atoms with Gasteiger partial charge >= 0.3 is 0 Å². The van der Waals surface area contributed by atoms with Crippen molar-refractivity contribution in [1.29, 1.82) is 0 Å². The van der Waals surface area contributed by atoms with Crippen LogP contribution >= 0.6 is 15.9 Å². The van der Waals surface area contributed by atoms with E-state index in [1.165, 1.54) is 12.1 Å². The van der Waals surface area contributed by atoms with E-state index >= 15 is 0 Å². The Labute approximate surface area is 133 Å². The maximum atomic E-state index is 11.9. The van der Waals surface area contributed by atoms with Gasteiger partial charge in [-0.3, -0.25) is 4.18 Å². The molecular weight excluding hydrogens is 356 g/mol. The minimum absolute atomic E-state index is 0.0390. The summed E-state index contributed by atoms with van der Waals surface area (Å²) in [5, 5.41) is 0. The van der Waals surface area contributed by atoms with Crippen molar-refractivity contribution in [3.63, 3.8) is 0 Å². The highest BCUT2D eigenvalue weighted by Crippen LogP contribution is 2.18. The highest BCUT2D eigenvalue weighted by atomic mass is 79.9. The molecule has 0 atom stereocenters. The molecule has 0 radical (unpaired) electrons. The van der Waals surface area contributed by atoms with Gasteiger partial charge in [0.15, 0.2) is 0 Å².